The van der Waals surface area contributed by atoms with E-state index in [4.69, 9.17) is 9.47 Å². The van der Waals surface area contributed by atoms with Crippen molar-refractivity contribution >= 4 is 11.6 Å². The highest BCUT2D eigenvalue weighted by Gasteiger charge is 2.13. The van der Waals surface area contributed by atoms with Gasteiger partial charge >= 0.3 is 0 Å². The molecule has 1 aliphatic heterocycles. The van der Waals surface area contributed by atoms with E-state index < -0.39 is 0 Å². The molecular formula is C20H24N2O3. The molecule has 25 heavy (non-hydrogen) atoms. The number of nitrogens with zero attached hydrogens (tertiary/aromatic N) is 1. The van der Waals surface area contributed by atoms with Crippen LogP contribution in [0.2, 0.25) is 0 Å². The van der Waals surface area contributed by atoms with E-state index in [-0.39, 0.29) is 11.9 Å². The maximum absolute atomic E-state index is 12.4. The lowest BCUT2D eigenvalue weighted by Crippen LogP contribution is -2.37. The third-order valence-corrected chi connectivity index (χ3v) is 4.13. The summed E-state index contributed by atoms with van der Waals surface area (Å²) < 4.78 is 11.0. The first-order valence-electron chi connectivity index (χ1n) is 8.64. The van der Waals surface area contributed by atoms with Gasteiger partial charge in [0.15, 0.2) is 0 Å². The number of morpholine rings is 1. The largest absolute Gasteiger partial charge is 0.491 e. The summed E-state index contributed by atoms with van der Waals surface area (Å²) in [5.74, 6) is 0.719. The zero-order chi connectivity index (χ0) is 17.5. The van der Waals surface area contributed by atoms with Crippen molar-refractivity contribution in [2.75, 3.05) is 37.8 Å². The van der Waals surface area contributed by atoms with Crippen LogP contribution in [0.25, 0.3) is 0 Å². The van der Waals surface area contributed by atoms with E-state index in [1.165, 1.54) is 0 Å². The molecule has 132 valence electrons. The number of carbonyl (C=O) groups is 1. The van der Waals surface area contributed by atoms with Crippen LogP contribution in [0.3, 0.4) is 0 Å². The Labute approximate surface area is 148 Å². The van der Waals surface area contributed by atoms with Gasteiger partial charge in [-0.25, -0.2) is 0 Å². The fourth-order valence-corrected chi connectivity index (χ4v) is 2.73. The number of anilines is 1. The molecule has 1 aliphatic rings. The van der Waals surface area contributed by atoms with Crippen LogP contribution in [0.1, 0.15) is 17.3 Å². The van der Waals surface area contributed by atoms with Crippen molar-refractivity contribution < 1.29 is 14.3 Å². The lowest BCUT2D eigenvalue weighted by atomic mass is 10.1. The third kappa shape index (κ3) is 4.97. The fourth-order valence-electron chi connectivity index (χ4n) is 2.73. The summed E-state index contributed by atoms with van der Waals surface area (Å²) in [5.41, 5.74) is 1.78. The number of para-hydroxylation sites is 1. The Bertz CT molecular complexity index is 667. The van der Waals surface area contributed by atoms with Crippen LogP contribution in [-0.2, 0) is 4.74 Å². The van der Waals surface area contributed by atoms with Crippen LogP contribution >= 0.6 is 0 Å². The van der Waals surface area contributed by atoms with Gasteiger partial charge in [-0.05, 0) is 43.3 Å². The minimum Gasteiger partial charge on any atom is -0.491 e. The summed E-state index contributed by atoms with van der Waals surface area (Å²) in [7, 11) is 0. The Kier molecular flexibility index (Phi) is 5.90. The van der Waals surface area contributed by atoms with E-state index in [1.54, 1.807) is 0 Å². The normalized spacial score (nSPS) is 15.5. The number of amides is 1. The van der Waals surface area contributed by atoms with E-state index in [0.717, 1.165) is 37.7 Å². The van der Waals surface area contributed by atoms with Crippen LogP contribution in [-0.4, -0.2) is 44.9 Å². The van der Waals surface area contributed by atoms with Crippen LogP contribution in [0.15, 0.2) is 54.6 Å². The predicted molar refractivity (Wildman–Crippen MR) is 98.3 cm³/mol. The lowest BCUT2D eigenvalue weighted by molar-refractivity contribution is 0.0926. The van der Waals surface area contributed by atoms with E-state index >= 15 is 0 Å². The van der Waals surface area contributed by atoms with Crippen molar-refractivity contribution in [3.05, 3.63) is 60.2 Å². The predicted octanol–water partition coefficient (Wildman–Crippen LogP) is 2.72. The van der Waals surface area contributed by atoms with Gasteiger partial charge in [0.05, 0.1) is 19.3 Å². The van der Waals surface area contributed by atoms with Crippen LogP contribution in [0.4, 0.5) is 5.69 Å². The molecule has 2 aromatic rings. The molecule has 1 N–H and O–H groups in total. The number of carbonyl (C=O) groups excluding carboxylic acids is 1. The first-order valence-corrected chi connectivity index (χ1v) is 8.64. The molecule has 1 saturated heterocycles. The van der Waals surface area contributed by atoms with Gasteiger partial charge in [-0.3, -0.25) is 4.79 Å². The minimum absolute atomic E-state index is 0.0772. The topological polar surface area (TPSA) is 50.8 Å². The summed E-state index contributed by atoms with van der Waals surface area (Å²) in [6.45, 7) is 5.64. The lowest BCUT2D eigenvalue weighted by Gasteiger charge is -2.28. The van der Waals surface area contributed by atoms with Crippen LogP contribution in [0.5, 0.6) is 5.75 Å². The smallest absolute Gasteiger partial charge is 0.251 e. The highest BCUT2D eigenvalue weighted by Crippen LogP contribution is 2.16. The van der Waals surface area contributed by atoms with Gasteiger partial charge in [-0.1, -0.05) is 18.2 Å². The molecule has 1 unspecified atom stereocenters. The number of rotatable bonds is 6. The number of hydrogen-bond acceptors (Lipinski definition) is 4. The Hall–Kier alpha value is -2.53. The van der Waals surface area contributed by atoms with Gasteiger partial charge < -0.3 is 19.7 Å². The Morgan fingerprint density at radius 3 is 2.48 bits per heavy atom. The van der Waals surface area contributed by atoms with Gasteiger partial charge in [-0.15, -0.1) is 0 Å². The molecular weight excluding hydrogens is 316 g/mol. The number of benzene rings is 2. The SMILES string of the molecule is CC(COc1ccccc1)NC(=O)c1ccc(N2CCOCC2)cc1. The molecule has 0 radical (unpaired) electrons. The van der Waals surface area contributed by atoms with E-state index in [0.29, 0.717) is 12.2 Å². The van der Waals surface area contributed by atoms with Crippen molar-refractivity contribution in [2.45, 2.75) is 13.0 Å². The molecule has 0 aromatic heterocycles. The molecule has 1 amide bonds. The highest BCUT2D eigenvalue weighted by atomic mass is 16.5. The van der Waals surface area contributed by atoms with Crippen LogP contribution in [0, 0.1) is 0 Å². The van der Waals surface area contributed by atoms with E-state index in [9.17, 15) is 4.79 Å². The maximum atomic E-state index is 12.4. The van der Waals surface area contributed by atoms with Gasteiger partial charge in [0.25, 0.3) is 5.91 Å². The van der Waals surface area contributed by atoms with Gasteiger partial charge in [-0.2, -0.15) is 0 Å². The number of nitrogens with one attached hydrogen (secondary N) is 1. The van der Waals surface area contributed by atoms with Crippen molar-refractivity contribution in [3.63, 3.8) is 0 Å². The standard InChI is InChI=1S/C20H24N2O3/c1-16(15-25-19-5-3-2-4-6-19)21-20(23)17-7-9-18(10-8-17)22-11-13-24-14-12-22/h2-10,16H,11-15H2,1H3,(H,21,23). The highest BCUT2D eigenvalue weighted by molar-refractivity contribution is 5.94. The molecule has 0 bridgehead atoms. The van der Waals surface area contributed by atoms with E-state index in [1.807, 2.05) is 61.5 Å². The average molecular weight is 340 g/mol. The Balaban J connectivity index is 1.50. The molecule has 1 atom stereocenters. The molecule has 5 heteroatoms. The molecule has 1 fully saturated rings. The molecule has 1 heterocycles. The summed E-state index contributed by atoms with van der Waals surface area (Å²) in [5, 5.41) is 2.97. The van der Waals surface area contributed by atoms with Crippen LogP contribution < -0.4 is 15.0 Å². The zero-order valence-corrected chi connectivity index (χ0v) is 14.5. The quantitative estimate of drug-likeness (QED) is 0.878. The molecule has 0 aliphatic carbocycles. The first-order chi connectivity index (χ1) is 12.2. The van der Waals surface area contributed by atoms with Crippen molar-refractivity contribution in [2.24, 2.45) is 0 Å². The Morgan fingerprint density at radius 1 is 1.12 bits per heavy atom. The average Bonchev–Trinajstić information content (AvgIpc) is 2.68. The van der Waals surface area contributed by atoms with Crippen molar-refractivity contribution in [1.82, 2.24) is 5.32 Å². The second-order valence-corrected chi connectivity index (χ2v) is 6.14. The summed E-state index contributed by atoms with van der Waals surface area (Å²) in [4.78, 5) is 14.6. The third-order valence-electron chi connectivity index (χ3n) is 4.13. The summed E-state index contributed by atoms with van der Waals surface area (Å²) in [6, 6.07) is 17.2. The molecule has 0 saturated carbocycles. The number of ether oxygens (including phenoxy) is 2. The second-order valence-electron chi connectivity index (χ2n) is 6.14. The zero-order valence-electron chi connectivity index (χ0n) is 14.5. The van der Waals surface area contributed by atoms with E-state index in [2.05, 4.69) is 10.2 Å². The fraction of sp³-hybridized carbons (Fsp3) is 0.350. The van der Waals surface area contributed by atoms with Gasteiger partial charge in [0, 0.05) is 24.3 Å². The summed E-state index contributed by atoms with van der Waals surface area (Å²) in [6.07, 6.45) is 0. The maximum Gasteiger partial charge on any atom is 0.251 e. The van der Waals surface area contributed by atoms with Gasteiger partial charge in [0.2, 0.25) is 0 Å². The first kappa shape index (κ1) is 17.3. The molecule has 2 aromatic carbocycles. The monoisotopic (exact) mass is 340 g/mol. The minimum atomic E-state index is -0.0855. The van der Waals surface area contributed by atoms with Gasteiger partial charge in [0.1, 0.15) is 12.4 Å². The molecule has 3 rings (SSSR count). The molecule has 5 nitrogen and oxygen atoms in total. The Morgan fingerprint density at radius 2 is 1.80 bits per heavy atom. The molecule has 0 spiro atoms. The van der Waals surface area contributed by atoms with Crippen molar-refractivity contribution in [1.29, 1.82) is 0 Å². The number of hydrogen-bond donors (Lipinski definition) is 1. The van der Waals surface area contributed by atoms with Crippen molar-refractivity contribution in [3.8, 4) is 5.75 Å². The second kappa shape index (κ2) is 8.53. The summed E-state index contributed by atoms with van der Waals surface area (Å²) >= 11 is 0.